The Bertz CT molecular complexity index is 893. The maximum absolute atomic E-state index is 9.97. The maximum atomic E-state index is 9.97. The van der Waals surface area contributed by atoms with Crippen LogP contribution in [0.5, 0.6) is 0 Å². The van der Waals surface area contributed by atoms with E-state index in [0.717, 1.165) is 38.0 Å². The predicted octanol–water partition coefficient (Wildman–Crippen LogP) is 6.35. The Morgan fingerprint density at radius 2 is 1.86 bits per heavy atom. The summed E-state index contributed by atoms with van der Waals surface area (Å²) in [6, 6.07) is 0. The van der Waals surface area contributed by atoms with Crippen LogP contribution in [0.25, 0.3) is 0 Å². The molecule has 6 atom stereocenters. The second-order valence-electron chi connectivity index (χ2n) is 13.0. The molecule has 0 aromatic carbocycles. The molecule has 5 aliphatic rings. The highest BCUT2D eigenvalue weighted by atomic mass is 16.7. The average molecular weight is 486 g/mol. The zero-order chi connectivity index (χ0) is 24.8. The van der Waals surface area contributed by atoms with Gasteiger partial charge in [-0.1, -0.05) is 37.1 Å². The van der Waals surface area contributed by atoms with E-state index in [2.05, 4.69) is 38.4 Å². The summed E-state index contributed by atoms with van der Waals surface area (Å²) in [7, 11) is 0. The number of hydrogen-bond acceptors (Lipinski definition) is 5. The topological polar surface area (TPSA) is 60.0 Å². The molecule has 5 rings (SSSR count). The lowest BCUT2D eigenvalue weighted by atomic mass is 9.51. The lowest BCUT2D eigenvalue weighted by Crippen LogP contribution is -2.46. The zero-order valence-electron chi connectivity index (χ0n) is 22.6. The van der Waals surface area contributed by atoms with E-state index in [-0.39, 0.29) is 23.7 Å². The molecule has 0 spiro atoms. The van der Waals surface area contributed by atoms with Gasteiger partial charge in [0.15, 0.2) is 6.29 Å². The van der Waals surface area contributed by atoms with Crippen molar-refractivity contribution in [2.75, 3.05) is 13.2 Å². The second kappa shape index (κ2) is 9.63. The van der Waals surface area contributed by atoms with E-state index in [9.17, 15) is 5.11 Å². The summed E-state index contributed by atoms with van der Waals surface area (Å²) >= 11 is 0. The quantitative estimate of drug-likeness (QED) is 0.430. The van der Waals surface area contributed by atoms with Gasteiger partial charge < -0.3 is 14.6 Å². The molecule has 4 fully saturated rings. The number of fused-ring (bicyclic) bond motifs is 5. The molecule has 0 radical (unpaired) electrons. The van der Waals surface area contributed by atoms with E-state index in [1.54, 1.807) is 25.0 Å². The summed E-state index contributed by atoms with van der Waals surface area (Å²) in [6.45, 7) is 11.8. The third kappa shape index (κ3) is 4.91. The molecular formula is C30H47NO4. The zero-order valence-corrected chi connectivity index (χ0v) is 22.6. The molecule has 2 N–H and O–H groups in total. The van der Waals surface area contributed by atoms with Crippen LogP contribution in [0.1, 0.15) is 98.8 Å². The molecule has 0 aromatic rings. The van der Waals surface area contributed by atoms with Gasteiger partial charge in [-0.25, -0.2) is 0 Å². The molecule has 0 bridgehead atoms. The summed E-state index contributed by atoms with van der Waals surface area (Å²) in [5.41, 5.74) is 8.75. The smallest absolute Gasteiger partial charge is 0.157 e. The third-order valence-electron chi connectivity index (χ3n) is 9.90. The first kappa shape index (κ1) is 25.5. The molecule has 1 heterocycles. The number of hydroxylamine groups is 1. The van der Waals surface area contributed by atoms with Gasteiger partial charge in [-0.15, -0.1) is 0 Å². The SMILES string of the molecule is CC(NOCC(C)(C)O)=C1CC[C@H]2C3=CC=C4CC(OC5CCCCO5)CC[C@]4(C)[C@H]3CC[C@]12C. The van der Waals surface area contributed by atoms with Crippen molar-refractivity contribution in [3.63, 3.8) is 0 Å². The Balaban J connectivity index is 1.31. The minimum absolute atomic E-state index is 0.0109. The van der Waals surface area contributed by atoms with Gasteiger partial charge in [0.1, 0.15) is 6.61 Å². The molecule has 0 aromatic heterocycles. The molecule has 3 saturated carbocycles. The number of nitrogens with one attached hydrogen (secondary N) is 1. The molecule has 0 amide bonds. The first-order valence-electron chi connectivity index (χ1n) is 14.1. The molecule has 1 aliphatic heterocycles. The minimum atomic E-state index is -0.835. The van der Waals surface area contributed by atoms with Crippen molar-refractivity contribution in [2.24, 2.45) is 22.7 Å². The van der Waals surface area contributed by atoms with E-state index in [1.807, 2.05) is 0 Å². The summed E-state index contributed by atoms with van der Waals surface area (Å²) in [5.74, 6) is 1.27. The van der Waals surface area contributed by atoms with Crippen molar-refractivity contribution < 1.29 is 19.4 Å². The first-order valence-corrected chi connectivity index (χ1v) is 14.1. The number of aliphatic hydroxyl groups is 1. The van der Waals surface area contributed by atoms with Gasteiger partial charge in [0.2, 0.25) is 0 Å². The Labute approximate surface area is 212 Å². The predicted molar refractivity (Wildman–Crippen MR) is 138 cm³/mol. The van der Waals surface area contributed by atoms with Crippen LogP contribution in [-0.2, 0) is 14.3 Å². The Morgan fingerprint density at radius 3 is 2.60 bits per heavy atom. The summed E-state index contributed by atoms with van der Waals surface area (Å²) < 4.78 is 12.3. The Hall–Kier alpha value is -1.14. The fraction of sp³-hybridized carbons (Fsp3) is 0.800. The minimum Gasteiger partial charge on any atom is -0.388 e. The number of ether oxygens (including phenoxy) is 2. The fourth-order valence-electron chi connectivity index (χ4n) is 7.94. The largest absolute Gasteiger partial charge is 0.388 e. The van der Waals surface area contributed by atoms with Gasteiger partial charge in [-0.3, -0.25) is 10.3 Å². The summed E-state index contributed by atoms with van der Waals surface area (Å²) in [5, 5.41) is 9.97. The molecule has 1 saturated heterocycles. The van der Waals surface area contributed by atoms with Crippen LogP contribution in [0.15, 0.2) is 34.6 Å². The normalized spacial score (nSPS) is 40.7. The van der Waals surface area contributed by atoms with Crippen molar-refractivity contribution in [1.82, 2.24) is 5.48 Å². The monoisotopic (exact) mass is 485 g/mol. The molecule has 4 aliphatic carbocycles. The van der Waals surface area contributed by atoms with Crippen LogP contribution in [-0.4, -0.2) is 36.3 Å². The van der Waals surface area contributed by atoms with Crippen LogP contribution in [0.2, 0.25) is 0 Å². The van der Waals surface area contributed by atoms with Gasteiger partial charge >= 0.3 is 0 Å². The summed E-state index contributed by atoms with van der Waals surface area (Å²) in [6.07, 6.45) is 17.0. The lowest BCUT2D eigenvalue weighted by molar-refractivity contribution is -0.193. The van der Waals surface area contributed by atoms with E-state index >= 15 is 0 Å². The highest BCUT2D eigenvalue weighted by Gasteiger charge is 2.55. The van der Waals surface area contributed by atoms with E-state index < -0.39 is 5.60 Å². The van der Waals surface area contributed by atoms with Gasteiger partial charge in [0.05, 0.1) is 11.7 Å². The highest BCUT2D eigenvalue weighted by Crippen LogP contribution is 2.65. The number of rotatable bonds is 6. The second-order valence-corrected chi connectivity index (χ2v) is 13.0. The third-order valence-corrected chi connectivity index (χ3v) is 9.90. The Morgan fingerprint density at radius 1 is 1.09 bits per heavy atom. The lowest BCUT2D eigenvalue weighted by Gasteiger charge is -2.54. The van der Waals surface area contributed by atoms with Crippen LogP contribution >= 0.6 is 0 Å². The number of hydrogen-bond donors (Lipinski definition) is 2. The van der Waals surface area contributed by atoms with Crippen LogP contribution in [0.3, 0.4) is 0 Å². The maximum Gasteiger partial charge on any atom is 0.157 e. The van der Waals surface area contributed by atoms with Crippen molar-refractivity contribution in [3.05, 3.63) is 34.6 Å². The van der Waals surface area contributed by atoms with Gasteiger partial charge in [-0.05, 0) is 113 Å². The average Bonchev–Trinajstić information content (AvgIpc) is 3.16. The van der Waals surface area contributed by atoms with Gasteiger partial charge in [0, 0.05) is 12.3 Å². The molecule has 196 valence electrons. The molecule has 2 unspecified atom stereocenters. The first-order chi connectivity index (χ1) is 16.6. The Kier molecular flexibility index (Phi) is 7.02. The molecule has 35 heavy (non-hydrogen) atoms. The van der Waals surface area contributed by atoms with Crippen molar-refractivity contribution in [3.8, 4) is 0 Å². The van der Waals surface area contributed by atoms with Crippen molar-refractivity contribution in [1.29, 1.82) is 0 Å². The van der Waals surface area contributed by atoms with E-state index in [0.29, 0.717) is 17.9 Å². The van der Waals surface area contributed by atoms with Crippen LogP contribution in [0, 0.1) is 22.7 Å². The van der Waals surface area contributed by atoms with E-state index in [1.165, 1.54) is 44.1 Å². The fourth-order valence-corrected chi connectivity index (χ4v) is 7.94. The van der Waals surface area contributed by atoms with Gasteiger partial charge in [-0.2, -0.15) is 0 Å². The van der Waals surface area contributed by atoms with Crippen LogP contribution < -0.4 is 5.48 Å². The van der Waals surface area contributed by atoms with Crippen LogP contribution in [0.4, 0.5) is 0 Å². The van der Waals surface area contributed by atoms with Crippen molar-refractivity contribution >= 4 is 0 Å². The van der Waals surface area contributed by atoms with E-state index in [4.69, 9.17) is 14.3 Å². The molecule has 5 nitrogen and oxygen atoms in total. The standard InChI is InChI=1S/C30H47NO4/c1-20(31-34-19-28(2,3)32)24-11-12-25-23-10-9-21-18-22(35-27-8-6-7-17-33-27)13-15-29(21,4)26(23)14-16-30(24,25)5/h9-10,22,25-27,31-32H,6-8,11-19H2,1-5H3/t22?,25-,26-,27?,29-,30+/m0/s1. The number of allylic oxidation sites excluding steroid dienone is 5. The highest BCUT2D eigenvalue weighted by molar-refractivity contribution is 5.42. The van der Waals surface area contributed by atoms with Crippen molar-refractivity contribution in [2.45, 2.75) is 117 Å². The molecular weight excluding hydrogens is 438 g/mol. The van der Waals surface area contributed by atoms with Gasteiger partial charge in [0.25, 0.3) is 0 Å². The summed E-state index contributed by atoms with van der Waals surface area (Å²) in [4.78, 5) is 5.65. The molecule has 5 heteroatoms.